The zero-order valence-corrected chi connectivity index (χ0v) is 19.9. The predicted octanol–water partition coefficient (Wildman–Crippen LogP) is 4.93. The van der Waals surface area contributed by atoms with Crippen LogP contribution in [0.15, 0.2) is 60.8 Å². The van der Waals surface area contributed by atoms with Crippen LogP contribution in [-0.4, -0.2) is 50.3 Å². The first-order chi connectivity index (χ1) is 17.2. The van der Waals surface area contributed by atoms with Crippen molar-refractivity contribution < 1.29 is 9.53 Å². The van der Waals surface area contributed by atoms with Crippen molar-refractivity contribution in [3.8, 4) is 11.6 Å². The lowest BCUT2D eigenvalue weighted by Gasteiger charge is -2.32. The van der Waals surface area contributed by atoms with E-state index in [0.717, 1.165) is 72.5 Å². The maximum atomic E-state index is 13.8. The standard InChI is InChI=1S/C28H29N5O2/c1-19-26-23(28(34)32-15-12-20(13-16-32)18-35-22-7-3-2-4-8-22)17-24(21-10-11-21)30-27(26)33(31-19)25-9-5-6-14-29-25/h2-9,14,17,20-21H,10-13,15-16,18H2,1H3. The number of carbonyl (C=O) groups is 1. The molecule has 2 fully saturated rings. The topological polar surface area (TPSA) is 73.1 Å². The van der Waals surface area contributed by atoms with Gasteiger partial charge in [-0.2, -0.15) is 9.78 Å². The summed E-state index contributed by atoms with van der Waals surface area (Å²) in [6.07, 6.45) is 5.87. The fourth-order valence-corrected chi connectivity index (χ4v) is 4.91. The molecule has 7 nitrogen and oxygen atoms in total. The van der Waals surface area contributed by atoms with E-state index in [1.807, 2.05) is 66.4 Å². The van der Waals surface area contributed by atoms with Gasteiger partial charge in [0.1, 0.15) is 5.75 Å². The molecule has 0 N–H and O–H groups in total. The number of pyridine rings is 2. The van der Waals surface area contributed by atoms with Gasteiger partial charge in [0, 0.05) is 30.9 Å². The van der Waals surface area contributed by atoms with Crippen molar-refractivity contribution in [2.75, 3.05) is 19.7 Å². The SMILES string of the molecule is Cc1nn(-c2ccccn2)c2nc(C3CC3)cc(C(=O)N3CCC(COc4ccccc4)CC3)c12. The first-order valence-electron chi connectivity index (χ1n) is 12.5. The van der Waals surface area contributed by atoms with E-state index in [2.05, 4.69) is 4.98 Å². The highest BCUT2D eigenvalue weighted by Crippen LogP contribution is 2.41. The number of carbonyl (C=O) groups excluding carboxylic acids is 1. The molecule has 2 aliphatic rings. The Hall–Kier alpha value is -3.74. The van der Waals surface area contributed by atoms with Gasteiger partial charge in [0.05, 0.1) is 23.3 Å². The fourth-order valence-electron chi connectivity index (χ4n) is 4.91. The second-order valence-electron chi connectivity index (χ2n) is 9.61. The molecule has 1 saturated carbocycles. The molecular formula is C28H29N5O2. The third kappa shape index (κ3) is 4.38. The van der Waals surface area contributed by atoms with Crippen molar-refractivity contribution in [2.24, 2.45) is 5.92 Å². The van der Waals surface area contributed by atoms with Gasteiger partial charge in [-0.3, -0.25) is 4.79 Å². The van der Waals surface area contributed by atoms with E-state index in [4.69, 9.17) is 14.8 Å². The molecule has 7 heteroatoms. The Morgan fingerprint density at radius 2 is 1.80 bits per heavy atom. The Morgan fingerprint density at radius 3 is 2.51 bits per heavy atom. The Balaban J connectivity index is 1.25. The van der Waals surface area contributed by atoms with E-state index in [1.165, 1.54) is 0 Å². The zero-order chi connectivity index (χ0) is 23.8. The number of hydrogen-bond donors (Lipinski definition) is 0. The number of ether oxygens (including phenoxy) is 1. The van der Waals surface area contributed by atoms with Crippen LogP contribution in [0.2, 0.25) is 0 Å². The summed E-state index contributed by atoms with van der Waals surface area (Å²) >= 11 is 0. The van der Waals surface area contributed by atoms with E-state index in [1.54, 1.807) is 10.9 Å². The van der Waals surface area contributed by atoms with Crippen LogP contribution in [0.25, 0.3) is 16.9 Å². The van der Waals surface area contributed by atoms with E-state index in [-0.39, 0.29) is 5.91 Å². The number of aromatic nitrogens is 4. The second-order valence-corrected chi connectivity index (χ2v) is 9.61. The highest BCUT2D eigenvalue weighted by atomic mass is 16.5. The van der Waals surface area contributed by atoms with Gasteiger partial charge in [0.15, 0.2) is 11.5 Å². The fraction of sp³-hybridized carbons (Fsp3) is 0.357. The molecule has 0 unspecified atom stereocenters. The molecule has 0 spiro atoms. The molecule has 178 valence electrons. The lowest BCUT2D eigenvalue weighted by molar-refractivity contribution is 0.0662. The first-order valence-corrected chi connectivity index (χ1v) is 12.5. The largest absolute Gasteiger partial charge is 0.493 e. The molecule has 4 heterocycles. The van der Waals surface area contributed by atoms with Crippen LogP contribution in [0.3, 0.4) is 0 Å². The van der Waals surface area contributed by atoms with E-state index in [0.29, 0.717) is 24.3 Å². The minimum Gasteiger partial charge on any atom is -0.493 e. The van der Waals surface area contributed by atoms with Crippen LogP contribution in [0.5, 0.6) is 5.75 Å². The molecule has 6 rings (SSSR count). The van der Waals surface area contributed by atoms with Crippen LogP contribution >= 0.6 is 0 Å². The minimum atomic E-state index is 0.0744. The summed E-state index contributed by atoms with van der Waals surface area (Å²) in [6, 6.07) is 17.7. The minimum absolute atomic E-state index is 0.0744. The number of likely N-dealkylation sites (tertiary alicyclic amines) is 1. The van der Waals surface area contributed by atoms with Gasteiger partial charge in [-0.15, -0.1) is 0 Å². The molecule has 4 aromatic rings. The molecular weight excluding hydrogens is 438 g/mol. The summed E-state index contributed by atoms with van der Waals surface area (Å²) in [5.41, 5.74) is 3.23. The van der Waals surface area contributed by atoms with Gasteiger partial charge in [0.2, 0.25) is 0 Å². The Bertz CT molecular complexity index is 1340. The maximum Gasteiger partial charge on any atom is 0.254 e. The van der Waals surface area contributed by atoms with Gasteiger partial charge >= 0.3 is 0 Å². The lowest BCUT2D eigenvalue weighted by Crippen LogP contribution is -2.39. The molecule has 1 aliphatic heterocycles. The molecule has 1 aliphatic carbocycles. The number of rotatable bonds is 6. The molecule has 0 bridgehead atoms. The van der Waals surface area contributed by atoms with Crippen LogP contribution < -0.4 is 4.74 Å². The molecule has 0 atom stereocenters. The number of hydrogen-bond acceptors (Lipinski definition) is 5. The molecule has 3 aromatic heterocycles. The van der Waals surface area contributed by atoms with Gasteiger partial charge in [-0.25, -0.2) is 9.97 Å². The summed E-state index contributed by atoms with van der Waals surface area (Å²) < 4.78 is 7.74. The van der Waals surface area contributed by atoms with E-state index >= 15 is 0 Å². The Kier molecular flexibility index (Phi) is 5.68. The second kappa shape index (κ2) is 9.13. The molecule has 0 radical (unpaired) electrons. The summed E-state index contributed by atoms with van der Waals surface area (Å²) in [5, 5.41) is 5.57. The quantitative estimate of drug-likeness (QED) is 0.402. The van der Waals surface area contributed by atoms with Crippen LogP contribution in [-0.2, 0) is 0 Å². The molecule has 1 aromatic carbocycles. The van der Waals surface area contributed by atoms with Crippen molar-refractivity contribution in [1.29, 1.82) is 0 Å². The number of fused-ring (bicyclic) bond motifs is 1. The number of amides is 1. The van der Waals surface area contributed by atoms with Gasteiger partial charge in [-0.1, -0.05) is 24.3 Å². The number of para-hydroxylation sites is 1. The Labute approximate surface area is 204 Å². The van der Waals surface area contributed by atoms with Crippen LogP contribution in [0.4, 0.5) is 0 Å². The van der Waals surface area contributed by atoms with Crippen molar-refractivity contribution >= 4 is 16.9 Å². The maximum absolute atomic E-state index is 13.8. The van der Waals surface area contributed by atoms with Gasteiger partial charge in [0.25, 0.3) is 5.91 Å². The number of aryl methyl sites for hydroxylation is 1. The summed E-state index contributed by atoms with van der Waals surface area (Å²) in [7, 11) is 0. The van der Waals surface area contributed by atoms with Crippen molar-refractivity contribution in [2.45, 2.75) is 38.5 Å². The van der Waals surface area contributed by atoms with Crippen molar-refractivity contribution in [3.63, 3.8) is 0 Å². The van der Waals surface area contributed by atoms with E-state index in [9.17, 15) is 4.79 Å². The Morgan fingerprint density at radius 1 is 1.03 bits per heavy atom. The summed E-state index contributed by atoms with van der Waals surface area (Å²) in [6.45, 7) is 4.10. The third-order valence-electron chi connectivity index (χ3n) is 7.06. The summed E-state index contributed by atoms with van der Waals surface area (Å²) in [5.74, 6) is 2.57. The van der Waals surface area contributed by atoms with Crippen molar-refractivity contribution in [1.82, 2.24) is 24.6 Å². The van der Waals surface area contributed by atoms with Crippen molar-refractivity contribution in [3.05, 3.63) is 77.7 Å². The average molecular weight is 468 g/mol. The van der Waals surface area contributed by atoms with Gasteiger partial charge in [-0.05, 0) is 68.9 Å². The zero-order valence-electron chi connectivity index (χ0n) is 19.9. The number of benzene rings is 1. The number of piperidine rings is 1. The highest BCUT2D eigenvalue weighted by molar-refractivity contribution is 6.06. The highest BCUT2D eigenvalue weighted by Gasteiger charge is 2.31. The van der Waals surface area contributed by atoms with Crippen LogP contribution in [0.1, 0.15) is 53.3 Å². The monoisotopic (exact) mass is 467 g/mol. The van der Waals surface area contributed by atoms with E-state index < -0.39 is 0 Å². The normalized spacial score (nSPS) is 16.5. The summed E-state index contributed by atoms with van der Waals surface area (Å²) in [4.78, 5) is 25.2. The number of nitrogens with zero attached hydrogens (tertiary/aromatic N) is 5. The first kappa shape index (κ1) is 21.8. The lowest BCUT2D eigenvalue weighted by atomic mass is 9.96. The van der Waals surface area contributed by atoms with Crippen LogP contribution in [0, 0.1) is 12.8 Å². The van der Waals surface area contributed by atoms with Gasteiger partial charge < -0.3 is 9.64 Å². The average Bonchev–Trinajstić information content (AvgIpc) is 3.71. The molecule has 35 heavy (non-hydrogen) atoms. The predicted molar refractivity (Wildman–Crippen MR) is 134 cm³/mol. The third-order valence-corrected chi connectivity index (χ3v) is 7.06. The molecule has 1 amide bonds. The molecule has 1 saturated heterocycles. The smallest absolute Gasteiger partial charge is 0.254 e.